The molecule has 100 valence electrons. The standard InChI is InChI=1S/C14H23N3O/c1-10(2)8-16-12-5-6-15-13(7-12)14(18)17-9-11(3)4/h5-7,10-11H,8-9H2,1-4H3,(H,15,16)(H,17,18). The number of nitrogens with one attached hydrogen (secondary N) is 2. The topological polar surface area (TPSA) is 54.0 Å². The van der Waals surface area contributed by atoms with Gasteiger partial charge in [-0.25, -0.2) is 0 Å². The Morgan fingerprint density at radius 3 is 2.50 bits per heavy atom. The van der Waals surface area contributed by atoms with Crippen molar-refractivity contribution < 1.29 is 4.79 Å². The van der Waals surface area contributed by atoms with Crippen LogP contribution in [0.2, 0.25) is 0 Å². The van der Waals surface area contributed by atoms with Crippen LogP contribution in [0.5, 0.6) is 0 Å². The molecule has 0 saturated heterocycles. The van der Waals surface area contributed by atoms with Crippen LogP contribution in [0.1, 0.15) is 38.2 Å². The van der Waals surface area contributed by atoms with E-state index in [1.54, 1.807) is 12.3 Å². The van der Waals surface area contributed by atoms with Crippen LogP contribution in [0.4, 0.5) is 5.69 Å². The summed E-state index contributed by atoms with van der Waals surface area (Å²) in [7, 11) is 0. The van der Waals surface area contributed by atoms with Crippen molar-refractivity contribution in [2.24, 2.45) is 11.8 Å². The van der Waals surface area contributed by atoms with Gasteiger partial charge in [0.05, 0.1) is 0 Å². The summed E-state index contributed by atoms with van der Waals surface area (Å²) < 4.78 is 0. The van der Waals surface area contributed by atoms with Gasteiger partial charge < -0.3 is 10.6 Å². The summed E-state index contributed by atoms with van der Waals surface area (Å²) in [6.07, 6.45) is 1.66. The van der Waals surface area contributed by atoms with Crippen LogP contribution < -0.4 is 10.6 Å². The van der Waals surface area contributed by atoms with Crippen molar-refractivity contribution in [3.8, 4) is 0 Å². The summed E-state index contributed by atoms with van der Waals surface area (Å²) in [6.45, 7) is 9.97. The van der Waals surface area contributed by atoms with Crippen molar-refractivity contribution in [2.45, 2.75) is 27.7 Å². The van der Waals surface area contributed by atoms with Crippen molar-refractivity contribution in [1.29, 1.82) is 0 Å². The van der Waals surface area contributed by atoms with E-state index in [9.17, 15) is 4.79 Å². The molecule has 18 heavy (non-hydrogen) atoms. The van der Waals surface area contributed by atoms with Crippen LogP contribution in [0, 0.1) is 11.8 Å². The smallest absolute Gasteiger partial charge is 0.269 e. The summed E-state index contributed by atoms with van der Waals surface area (Å²) in [4.78, 5) is 15.9. The Balaban J connectivity index is 2.60. The number of hydrogen-bond donors (Lipinski definition) is 2. The molecule has 0 saturated carbocycles. The van der Waals surface area contributed by atoms with Gasteiger partial charge >= 0.3 is 0 Å². The van der Waals surface area contributed by atoms with Crippen molar-refractivity contribution in [2.75, 3.05) is 18.4 Å². The van der Waals surface area contributed by atoms with Gasteiger partial charge in [0.2, 0.25) is 0 Å². The van der Waals surface area contributed by atoms with E-state index in [-0.39, 0.29) is 5.91 Å². The third kappa shape index (κ3) is 5.17. The van der Waals surface area contributed by atoms with Crippen LogP contribution in [0.25, 0.3) is 0 Å². The minimum atomic E-state index is -0.114. The SMILES string of the molecule is CC(C)CNC(=O)c1cc(NCC(C)C)ccn1. The number of amides is 1. The first-order valence-corrected chi connectivity index (χ1v) is 6.47. The van der Waals surface area contributed by atoms with Crippen LogP contribution >= 0.6 is 0 Å². The van der Waals surface area contributed by atoms with Crippen LogP contribution in [-0.4, -0.2) is 24.0 Å². The predicted molar refractivity (Wildman–Crippen MR) is 74.7 cm³/mol. The number of nitrogens with zero attached hydrogens (tertiary/aromatic N) is 1. The zero-order valence-corrected chi connectivity index (χ0v) is 11.7. The van der Waals surface area contributed by atoms with E-state index in [2.05, 4.69) is 43.3 Å². The molecule has 4 heteroatoms. The molecule has 4 nitrogen and oxygen atoms in total. The van der Waals surface area contributed by atoms with Gasteiger partial charge in [0, 0.05) is 25.0 Å². The fraction of sp³-hybridized carbons (Fsp3) is 0.571. The van der Waals surface area contributed by atoms with Gasteiger partial charge in [-0.3, -0.25) is 9.78 Å². The maximum Gasteiger partial charge on any atom is 0.269 e. The highest BCUT2D eigenvalue weighted by Crippen LogP contribution is 2.09. The normalized spacial score (nSPS) is 10.8. The monoisotopic (exact) mass is 249 g/mol. The second-order valence-corrected chi connectivity index (χ2v) is 5.31. The molecule has 1 aromatic heterocycles. The highest BCUT2D eigenvalue weighted by Gasteiger charge is 2.08. The van der Waals surface area contributed by atoms with Crippen LogP contribution in [0.3, 0.4) is 0 Å². The van der Waals surface area contributed by atoms with Gasteiger partial charge in [-0.2, -0.15) is 0 Å². The Morgan fingerprint density at radius 2 is 1.89 bits per heavy atom. The molecule has 0 unspecified atom stereocenters. The van der Waals surface area contributed by atoms with Gasteiger partial charge in [-0.1, -0.05) is 27.7 Å². The third-order valence-corrected chi connectivity index (χ3v) is 2.38. The molecule has 0 aliphatic heterocycles. The molecule has 1 heterocycles. The lowest BCUT2D eigenvalue weighted by molar-refractivity contribution is 0.0944. The van der Waals surface area contributed by atoms with Crippen molar-refractivity contribution in [3.63, 3.8) is 0 Å². The Kier molecular flexibility index (Phi) is 5.62. The lowest BCUT2D eigenvalue weighted by Gasteiger charge is -2.10. The Labute approximate surface area is 109 Å². The fourth-order valence-electron chi connectivity index (χ4n) is 1.37. The summed E-state index contributed by atoms with van der Waals surface area (Å²) in [5.41, 5.74) is 1.40. The van der Waals surface area contributed by atoms with E-state index >= 15 is 0 Å². The zero-order chi connectivity index (χ0) is 13.5. The number of pyridine rings is 1. The molecule has 2 N–H and O–H groups in total. The molecule has 0 bridgehead atoms. The molecule has 0 atom stereocenters. The first kappa shape index (κ1) is 14.5. The molecular formula is C14H23N3O. The lowest BCUT2D eigenvalue weighted by Crippen LogP contribution is -2.28. The van der Waals surface area contributed by atoms with Gasteiger partial charge in [-0.15, -0.1) is 0 Å². The number of aromatic nitrogens is 1. The van der Waals surface area contributed by atoms with Crippen molar-refractivity contribution >= 4 is 11.6 Å². The van der Waals surface area contributed by atoms with E-state index in [1.165, 1.54) is 0 Å². The van der Waals surface area contributed by atoms with E-state index < -0.39 is 0 Å². The molecule has 1 amide bonds. The molecular weight excluding hydrogens is 226 g/mol. The largest absolute Gasteiger partial charge is 0.385 e. The highest BCUT2D eigenvalue weighted by atomic mass is 16.1. The predicted octanol–water partition coefficient (Wildman–Crippen LogP) is 2.54. The Hall–Kier alpha value is -1.58. The Bertz CT molecular complexity index is 388. The molecule has 0 fully saturated rings. The second-order valence-electron chi connectivity index (χ2n) is 5.31. The summed E-state index contributed by atoms with van der Waals surface area (Å²) >= 11 is 0. The van der Waals surface area contributed by atoms with Crippen molar-refractivity contribution in [1.82, 2.24) is 10.3 Å². The summed E-state index contributed by atoms with van der Waals surface area (Å²) in [6, 6.07) is 3.67. The maximum absolute atomic E-state index is 11.8. The number of hydrogen-bond acceptors (Lipinski definition) is 3. The average Bonchev–Trinajstić information content (AvgIpc) is 2.33. The quantitative estimate of drug-likeness (QED) is 0.814. The summed E-state index contributed by atoms with van der Waals surface area (Å²) in [5, 5.41) is 6.15. The fourth-order valence-corrected chi connectivity index (χ4v) is 1.37. The van der Waals surface area contributed by atoms with Crippen LogP contribution in [0.15, 0.2) is 18.3 Å². The van der Waals surface area contributed by atoms with Gasteiger partial charge in [0.1, 0.15) is 5.69 Å². The molecule has 1 rings (SSSR count). The number of carbonyl (C=O) groups excluding carboxylic acids is 1. The van der Waals surface area contributed by atoms with E-state index in [4.69, 9.17) is 0 Å². The van der Waals surface area contributed by atoms with Gasteiger partial charge in [-0.05, 0) is 24.0 Å². The maximum atomic E-state index is 11.8. The average molecular weight is 249 g/mol. The molecule has 1 aromatic rings. The van der Waals surface area contributed by atoms with E-state index in [0.29, 0.717) is 24.1 Å². The second kappa shape index (κ2) is 6.99. The van der Waals surface area contributed by atoms with Gasteiger partial charge in [0.25, 0.3) is 5.91 Å². The first-order chi connectivity index (χ1) is 8.49. The first-order valence-electron chi connectivity index (χ1n) is 6.47. The molecule has 0 aliphatic rings. The molecule has 0 spiro atoms. The number of carbonyl (C=O) groups is 1. The highest BCUT2D eigenvalue weighted by molar-refractivity contribution is 5.93. The van der Waals surface area contributed by atoms with E-state index in [1.807, 2.05) is 6.07 Å². The molecule has 0 radical (unpaired) electrons. The Morgan fingerprint density at radius 1 is 1.22 bits per heavy atom. The van der Waals surface area contributed by atoms with Gasteiger partial charge in [0.15, 0.2) is 0 Å². The minimum Gasteiger partial charge on any atom is -0.385 e. The lowest BCUT2D eigenvalue weighted by atomic mass is 10.2. The number of rotatable bonds is 6. The van der Waals surface area contributed by atoms with E-state index in [0.717, 1.165) is 12.2 Å². The molecule has 0 aromatic carbocycles. The molecule has 0 aliphatic carbocycles. The zero-order valence-electron chi connectivity index (χ0n) is 11.7. The minimum absolute atomic E-state index is 0.114. The summed E-state index contributed by atoms with van der Waals surface area (Å²) in [5.74, 6) is 0.893. The third-order valence-electron chi connectivity index (χ3n) is 2.38. The van der Waals surface area contributed by atoms with Crippen molar-refractivity contribution in [3.05, 3.63) is 24.0 Å². The van der Waals surface area contributed by atoms with Crippen LogP contribution in [-0.2, 0) is 0 Å². The number of anilines is 1.